The van der Waals surface area contributed by atoms with Crippen LogP contribution in [0, 0.1) is 0 Å². The van der Waals surface area contributed by atoms with Gasteiger partial charge in [0.2, 0.25) is 21.1 Å². The number of amides is 1. The molecule has 12 heteroatoms. The van der Waals surface area contributed by atoms with Gasteiger partial charge in [-0.2, -0.15) is 0 Å². The summed E-state index contributed by atoms with van der Waals surface area (Å²) in [4.78, 5) is 13.1. The fourth-order valence-corrected chi connectivity index (χ4v) is 5.37. The van der Waals surface area contributed by atoms with Crippen LogP contribution in [0.15, 0.2) is 42.5 Å². The second kappa shape index (κ2) is 10.4. The van der Waals surface area contributed by atoms with Crippen molar-refractivity contribution in [3.63, 3.8) is 0 Å². The van der Waals surface area contributed by atoms with Crippen molar-refractivity contribution in [1.82, 2.24) is 10.2 Å². The maximum atomic E-state index is 13.1. The zero-order valence-electron chi connectivity index (χ0n) is 18.4. The predicted octanol–water partition coefficient (Wildman–Crippen LogP) is 4.06. The third kappa shape index (κ3) is 5.73. The Morgan fingerprint density at radius 3 is 2.39 bits per heavy atom. The molecule has 1 heterocycles. The minimum Gasteiger partial charge on any atom is -0.497 e. The SMILES string of the molecule is CCC(C(=O)Nc1nnc(-c2ccc(OC)cc2)s1)N(c1ccc(OC)c(Cl)c1)S(C)(=O)=O. The molecule has 3 rings (SSSR count). The summed E-state index contributed by atoms with van der Waals surface area (Å²) in [6, 6.07) is 10.8. The molecule has 0 aliphatic rings. The van der Waals surface area contributed by atoms with Crippen LogP contribution in [-0.2, 0) is 14.8 Å². The van der Waals surface area contributed by atoms with Crippen LogP contribution in [0.3, 0.4) is 0 Å². The van der Waals surface area contributed by atoms with Gasteiger partial charge in [-0.3, -0.25) is 14.4 Å². The van der Waals surface area contributed by atoms with E-state index in [0.29, 0.717) is 16.5 Å². The molecule has 0 radical (unpaired) electrons. The van der Waals surface area contributed by atoms with E-state index in [1.807, 2.05) is 12.1 Å². The number of rotatable bonds is 9. The van der Waals surface area contributed by atoms with E-state index in [2.05, 4.69) is 15.5 Å². The monoisotopic (exact) mass is 510 g/mol. The molecule has 9 nitrogen and oxygen atoms in total. The number of carbonyl (C=O) groups is 1. The third-order valence-corrected chi connectivity index (χ3v) is 7.07. The molecule has 3 aromatic rings. The molecular weight excluding hydrogens is 488 g/mol. The van der Waals surface area contributed by atoms with Crippen molar-refractivity contribution in [3.05, 3.63) is 47.5 Å². The molecule has 1 unspecified atom stereocenters. The Morgan fingerprint density at radius 2 is 1.85 bits per heavy atom. The van der Waals surface area contributed by atoms with Gasteiger partial charge in [-0.25, -0.2) is 8.42 Å². The number of carbonyl (C=O) groups excluding carboxylic acids is 1. The van der Waals surface area contributed by atoms with E-state index < -0.39 is 22.0 Å². The van der Waals surface area contributed by atoms with Gasteiger partial charge in [-0.1, -0.05) is 29.9 Å². The summed E-state index contributed by atoms with van der Waals surface area (Å²) in [5.41, 5.74) is 1.06. The first-order chi connectivity index (χ1) is 15.7. The zero-order chi connectivity index (χ0) is 24.2. The number of sulfonamides is 1. The number of hydrogen-bond acceptors (Lipinski definition) is 8. The Bertz CT molecular complexity index is 1230. The van der Waals surface area contributed by atoms with Crippen molar-refractivity contribution in [2.75, 3.05) is 30.1 Å². The van der Waals surface area contributed by atoms with Crippen LogP contribution in [0.5, 0.6) is 11.5 Å². The first kappa shape index (κ1) is 24.7. The van der Waals surface area contributed by atoms with Gasteiger partial charge in [0, 0.05) is 5.56 Å². The quantitative estimate of drug-likeness (QED) is 0.462. The van der Waals surface area contributed by atoms with E-state index in [0.717, 1.165) is 16.1 Å². The predicted molar refractivity (Wildman–Crippen MR) is 130 cm³/mol. The van der Waals surface area contributed by atoms with E-state index in [1.165, 1.54) is 30.6 Å². The molecule has 2 aromatic carbocycles. The van der Waals surface area contributed by atoms with Gasteiger partial charge in [0.05, 0.1) is 31.2 Å². The molecule has 0 fully saturated rings. The van der Waals surface area contributed by atoms with Crippen molar-refractivity contribution >= 4 is 49.7 Å². The number of halogens is 1. The van der Waals surface area contributed by atoms with Crippen LogP contribution in [0.1, 0.15) is 13.3 Å². The normalized spacial score (nSPS) is 12.2. The van der Waals surface area contributed by atoms with Crippen molar-refractivity contribution in [2.45, 2.75) is 19.4 Å². The highest BCUT2D eigenvalue weighted by Crippen LogP contribution is 2.32. The first-order valence-electron chi connectivity index (χ1n) is 9.79. The van der Waals surface area contributed by atoms with E-state index in [4.69, 9.17) is 21.1 Å². The van der Waals surface area contributed by atoms with Crippen molar-refractivity contribution in [3.8, 4) is 22.1 Å². The van der Waals surface area contributed by atoms with Crippen LogP contribution in [0.25, 0.3) is 10.6 Å². The van der Waals surface area contributed by atoms with Crippen LogP contribution in [0.4, 0.5) is 10.8 Å². The minimum atomic E-state index is -3.82. The van der Waals surface area contributed by atoms with Crippen molar-refractivity contribution in [1.29, 1.82) is 0 Å². The van der Waals surface area contributed by atoms with Gasteiger partial charge < -0.3 is 9.47 Å². The van der Waals surface area contributed by atoms with Crippen molar-refractivity contribution < 1.29 is 22.7 Å². The molecule has 1 aromatic heterocycles. The van der Waals surface area contributed by atoms with Gasteiger partial charge in [0.25, 0.3) is 0 Å². The molecule has 0 spiro atoms. The van der Waals surface area contributed by atoms with Crippen molar-refractivity contribution in [2.24, 2.45) is 0 Å². The summed E-state index contributed by atoms with van der Waals surface area (Å²) in [7, 11) is -0.780. The van der Waals surface area contributed by atoms with Gasteiger partial charge >= 0.3 is 0 Å². The highest BCUT2D eigenvalue weighted by Gasteiger charge is 2.32. The number of ether oxygens (including phenoxy) is 2. The molecule has 0 bridgehead atoms. The lowest BCUT2D eigenvalue weighted by atomic mass is 10.2. The summed E-state index contributed by atoms with van der Waals surface area (Å²) in [6.07, 6.45) is 1.25. The van der Waals surface area contributed by atoms with E-state index in [-0.39, 0.29) is 22.3 Å². The number of benzene rings is 2. The summed E-state index contributed by atoms with van der Waals surface area (Å²) < 4.78 is 36.6. The standard InChI is InChI=1S/C21H23ClN4O5S2/c1-5-17(26(33(4,28)29)14-8-11-18(31-3)16(22)12-14)19(27)23-21-25-24-20(32-21)13-6-9-15(30-2)10-7-13/h6-12,17H,5H2,1-4H3,(H,23,25,27). The fraction of sp³-hybridized carbons (Fsp3) is 0.286. The number of aromatic nitrogens is 2. The number of hydrogen-bond donors (Lipinski definition) is 1. The second-order valence-corrected chi connectivity index (χ2v) is 10.2. The average molecular weight is 511 g/mol. The number of nitrogens with one attached hydrogen (secondary N) is 1. The fourth-order valence-electron chi connectivity index (χ4n) is 3.17. The first-order valence-corrected chi connectivity index (χ1v) is 12.8. The van der Waals surface area contributed by atoms with E-state index in [9.17, 15) is 13.2 Å². The molecule has 1 atom stereocenters. The average Bonchev–Trinajstić information content (AvgIpc) is 3.24. The Balaban J connectivity index is 1.85. The highest BCUT2D eigenvalue weighted by atomic mass is 35.5. The summed E-state index contributed by atoms with van der Waals surface area (Å²) in [5, 5.41) is 11.9. The van der Waals surface area contributed by atoms with Gasteiger partial charge in [0.1, 0.15) is 22.5 Å². The molecule has 0 saturated heterocycles. The maximum Gasteiger partial charge on any atom is 0.250 e. The molecule has 0 aliphatic carbocycles. The summed E-state index contributed by atoms with van der Waals surface area (Å²) >= 11 is 7.37. The Hall–Kier alpha value is -2.89. The van der Waals surface area contributed by atoms with Crippen LogP contribution < -0.4 is 19.1 Å². The Morgan fingerprint density at radius 1 is 1.15 bits per heavy atom. The highest BCUT2D eigenvalue weighted by molar-refractivity contribution is 7.92. The molecular formula is C21H23ClN4O5S2. The molecule has 176 valence electrons. The smallest absolute Gasteiger partial charge is 0.250 e. The number of anilines is 2. The van der Waals surface area contributed by atoms with Gasteiger partial charge in [0.15, 0.2) is 0 Å². The Labute approximate surface area is 201 Å². The largest absolute Gasteiger partial charge is 0.497 e. The second-order valence-electron chi connectivity index (χ2n) is 6.93. The topological polar surface area (TPSA) is 111 Å². The molecule has 1 N–H and O–H groups in total. The summed E-state index contributed by atoms with van der Waals surface area (Å²) in [5.74, 6) is 0.570. The maximum absolute atomic E-state index is 13.1. The minimum absolute atomic E-state index is 0.215. The zero-order valence-corrected chi connectivity index (χ0v) is 20.8. The third-order valence-electron chi connectivity index (χ3n) is 4.71. The molecule has 0 saturated carbocycles. The molecule has 1 amide bonds. The van der Waals surface area contributed by atoms with E-state index in [1.54, 1.807) is 32.2 Å². The number of nitrogens with zero attached hydrogens (tertiary/aromatic N) is 3. The van der Waals surface area contributed by atoms with Crippen LogP contribution in [0.2, 0.25) is 5.02 Å². The Kier molecular flexibility index (Phi) is 7.77. The summed E-state index contributed by atoms with van der Waals surface area (Å²) in [6.45, 7) is 1.72. The lowest BCUT2D eigenvalue weighted by Crippen LogP contribution is -2.47. The van der Waals surface area contributed by atoms with Crippen LogP contribution in [-0.4, -0.2) is 51.0 Å². The number of methoxy groups -OCH3 is 2. The van der Waals surface area contributed by atoms with Gasteiger partial charge in [-0.05, 0) is 48.9 Å². The van der Waals surface area contributed by atoms with E-state index >= 15 is 0 Å². The molecule has 33 heavy (non-hydrogen) atoms. The lowest BCUT2D eigenvalue weighted by molar-refractivity contribution is -0.117. The lowest BCUT2D eigenvalue weighted by Gasteiger charge is -2.30. The molecule has 0 aliphatic heterocycles. The van der Waals surface area contributed by atoms with Gasteiger partial charge in [-0.15, -0.1) is 10.2 Å². The van der Waals surface area contributed by atoms with Crippen LogP contribution >= 0.6 is 22.9 Å².